The molecule has 0 aliphatic carbocycles. The van der Waals surface area contributed by atoms with E-state index in [0.717, 1.165) is 45.1 Å². The summed E-state index contributed by atoms with van der Waals surface area (Å²) < 4.78 is 0. The molecule has 0 unspecified atom stereocenters. The lowest BCUT2D eigenvalue weighted by molar-refractivity contribution is 0.0955. The first-order chi connectivity index (χ1) is 17.8. The van der Waals surface area contributed by atoms with E-state index in [-0.39, 0.29) is 18.5 Å². The second-order valence-electron chi connectivity index (χ2n) is 9.08. The number of rotatable bonds is 9. The fourth-order valence-electron chi connectivity index (χ4n) is 4.28. The molecule has 1 heterocycles. The van der Waals surface area contributed by atoms with Crippen LogP contribution in [-0.2, 0) is 13.0 Å². The van der Waals surface area contributed by atoms with Crippen LogP contribution in [0.3, 0.4) is 0 Å². The molecule has 8 heteroatoms. The highest BCUT2D eigenvalue weighted by atomic mass is 16.4. The Balaban J connectivity index is 1.48. The molecular formula is C29H31N5O3. The molecule has 0 bridgehead atoms. The van der Waals surface area contributed by atoms with E-state index in [1.165, 1.54) is 0 Å². The van der Waals surface area contributed by atoms with E-state index < -0.39 is 6.09 Å². The van der Waals surface area contributed by atoms with Crippen molar-refractivity contribution in [2.45, 2.75) is 39.8 Å². The maximum absolute atomic E-state index is 12.3. The lowest BCUT2D eigenvalue weighted by Gasteiger charge is -2.15. The van der Waals surface area contributed by atoms with E-state index in [4.69, 9.17) is 5.11 Å². The first-order valence-corrected chi connectivity index (χ1v) is 12.3. The third-order valence-corrected chi connectivity index (χ3v) is 6.08. The smallest absolute Gasteiger partial charge is 0.404 e. The van der Waals surface area contributed by atoms with Gasteiger partial charge in [-0.15, -0.1) is 0 Å². The number of nitrogens with one attached hydrogen (secondary N) is 3. The van der Waals surface area contributed by atoms with Crippen LogP contribution in [0.4, 0.5) is 10.7 Å². The zero-order valence-corrected chi connectivity index (χ0v) is 21.2. The van der Waals surface area contributed by atoms with E-state index in [0.29, 0.717) is 18.1 Å². The average Bonchev–Trinajstić information content (AvgIpc) is 2.87. The first-order valence-electron chi connectivity index (χ1n) is 12.3. The number of amides is 2. The highest BCUT2D eigenvalue weighted by Gasteiger charge is 2.11. The van der Waals surface area contributed by atoms with Crippen molar-refractivity contribution < 1.29 is 14.7 Å². The van der Waals surface area contributed by atoms with Crippen molar-refractivity contribution in [1.29, 1.82) is 0 Å². The Labute approximate surface area is 216 Å². The quantitative estimate of drug-likeness (QED) is 0.254. The number of fused-ring (bicyclic) bond motifs is 1. The van der Waals surface area contributed by atoms with Crippen LogP contribution < -0.4 is 16.0 Å². The normalized spacial score (nSPS) is 11.6. The van der Waals surface area contributed by atoms with Gasteiger partial charge in [-0.1, -0.05) is 36.4 Å². The van der Waals surface area contributed by atoms with Crippen molar-refractivity contribution in [3.63, 3.8) is 0 Å². The van der Waals surface area contributed by atoms with Crippen molar-refractivity contribution in [3.8, 4) is 11.1 Å². The molecule has 0 aliphatic heterocycles. The van der Waals surface area contributed by atoms with Gasteiger partial charge in [0, 0.05) is 36.3 Å². The molecule has 8 nitrogen and oxygen atoms in total. The van der Waals surface area contributed by atoms with E-state index in [1.807, 2.05) is 80.7 Å². The number of benzene rings is 3. The number of carbonyl (C=O) groups is 2. The third kappa shape index (κ3) is 6.61. The van der Waals surface area contributed by atoms with Gasteiger partial charge in [0.05, 0.1) is 5.52 Å². The van der Waals surface area contributed by atoms with Crippen LogP contribution in [0.5, 0.6) is 0 Å². The molecule has 0 aliphatic rings. The molecule has 3 aromatic carbocycles. The molecule has 0 radical (unpaired) electrons. The monoisotopic (exact) mass is 497 g/mol. The van der Waals surface area contributed by atoms with Crippen molar-refractivity contribution in [2.75, 3.05) is 11.9 Å². The van der Waals surface area contributed by atoms with Gasteiger partial charge in [0.15, 0.2) is 0 Å². The van der Waals surface area contributed by atoms with Crippen molar-refractivity contribution in [3.05, 3.63) is 89.1 Å². The lowest BCUT2D eigenvalue weighted by Crippen LogP contribution is -2.22. The SMILES string of the molecule is CCNC(=O)c1ccc(C)c(-c2ccc3nc(N[C@@H](C)Cc4cccc(CNC(=O)O)c4)ncc3c2)c1. The molecule has 37 heavy (non-hydrogen) atoms. The largest absolute Gasteiger partial charge is 0.465 e. The van der Waals surface area contributed by atoms with E-state index in [9.17, 15) is 9.59 Å². The number of hydrogen-bond donors (Lipinski definition) is 4. The van der Waals surface area contributed by atoms with Crippen LogP contribution in [0.15, 0.2) is 66.9 Å². The van der Waals surface area contributed by atoms with Gasteiger partial charge in [0.2, 0.25) is 5.95 Å². The molecule has 190 valence electrons. The predicted molar refractivity (Wildman–Crippen MR) is 146 cm³/mol. The molecule has 0 fully saturated rings. The molecule has 4 N–H and O–H groups in total. The number of anilines is 1. The van der Waals surface area contributed by atoms with Crippen LogP contribution >= 0.6 is 0 Å². The molecule has 1 atom stereocenters. The highest BCUT2D eigenvalue weighted by molar-refractivity contribution is 5.96. The second-order valence-corrected chi connectivity index (χ2v) is 9.08. The summed E-state index contributed by atoms with van der Waals surface area (Å²) in [6.07, 6.45) is 1.51. The standard InChI is InChI=1S/C29H31N5O3/c1-4-30-27(35)23-9-8-18(2)25(15-23)22-10-11-26-24(14-22)17-31-28(34-26)33-19(3)12-20-6-5-7-21(13-20)16-32-29(36)37/h5-11,13-15,17,19,32H,4,12,16H2,1-3H3,(H,30,35)(H,36,37)(H,31,33,34)/t19-/m0/s1. The minimum atomic E-state index is -1.04. The van der Waals surface area contributed by atoms with Crippen LogP contribution in [0.2, 0.25) is 0 Å². The predicted octanol–water partition coefficient (Wildman–Crippen LogP) is 5.17. The zero-order valence-electron chi connectivity index (χ0n) is 21.2. The number of aromatic nitrogens is 2. The molecular weight excluding hydrogens is 466 g/mol. The van der Waals surface area contributed by atoms with Crippen molar-refractivity contribution in [1.82, 2.24) is 20.6 Å². The third-order valence-electron chi connectivity index (χ3n) is 6.08. The molecule has 0 spiro atoms. The second kappa shape index (κ2) is 11.5. The van der Waals surface area contributed by atoms with Crippen LogP contribution in [0.1, 0.15) is 40.9 Å². The summed E-state index contributed by atoms with van der Waals surface area (Å²) in [5, 5.41) is 18.3. The van der Waals surface area contributed by atoms with Gasteiger partial charge in [-0.3, -0.25) is 4.79 Å². The summed E-state index contributed by atoms with van der Waals surface area (Å²) in [6, 6.07) is 19.7. The summed E-state index contributed by atoms with van der Waals surface area (Å²) in [5.41, 5.74) is 6.57. The molecule has 4 rings (SSSR count). The van der Waals surface area contributed by atoms with E-state index >= 15 is 0 Å². The van der Waals surface area contributed by atoms with E-state index in [2.05, 4.69) is 32.8 Å². The summed E-state index contributed by atoms with van der Waals surface area (Å²) in [6.45, 7) is 6.85. The minimum Gasteiger partial charge on any atom is -0.465 e. The number of nitrogens with zero attached hydrogens (tertiary/aromatic N) is 2. The van der Waals surface area contributed by atoms with Gasteiger partial charge in [0.25, 0.3) is 5.91 Å². The number of carbonyl (C=O) groups excluding carboxylic acids is 1. The average molecular weight is 498 g/mol. The Bertz CT molecular complexity index is 1440. The summed E-state index contributed by atoms with van der Waals surface area (Å²) >= 11 is 0. The van der Waals surface area contributed by atoms with Crippen LogP contribution in [0, 0.1) is 6.92 Å². The van der Waals surface area contributed by atoms with Gasteiger partial charge < -0.3 is 21.1 Å². The van der Waals surface area contributed by atoms with Gasteiger partial charge in [-0.05, 0) is 79.3 Å². The Morgan fingerprint density at radius 1 is 1.00 bits per heavy atom. The number of hydrogen-bond acceptors (Lipinski definition) is 5. The maximum Gasteiger partial charge on any atom is 0.404 e. The minimum absolute atomic E-state index is 0.0686. The van der Waals surface area contributed by atoms with Crippen LogP contribution in [0.25, 0.3) is 22.0 Å². The molecule has 0 saturated carbocycles. The first kappa shape index (κ1) is 25.6. The van der Waals surface area contributed by atoms with Gasteiger partial charge in [-0.2, -0.15) is 0 Å². The molecule has 0 saturated heterocycles. The van der Waals surface area contributed by atoms with Crippen molar-refractivity contribution in [2.24, 2.45) is 0 Å². The summed E-state index contributed by atoms with van der Waals surface area (Å²) in [4.78, 5) is 32.3. The fourth-order valence-corrected chi connectivity index (χ4v) is 4.28. The topological polar surface area (TPSA) is 116 Å². The van der Waals surface area contributed by atoms with Gasteiger partial charge >= 0.3 is 6.09 Å². The molecule has 2 amide bonds. The van der Waals surface area contributed by atoms with Gasteiger partial charge in [-0.25, -0.2) is 14.8 Å². The lowest BCUT2D eigenvalue weighted by atomic mass is 9.97. The summed E-state index contributed by atoms with van der Waals surface area (Å²) in [5.74, 6) is 0.465. The van der Waals surface area contributed by atoms with E-state index in [1.54, 1.807) is 0 Å². The highest BCUT2D eigenvalue weighted by Crippen LogP contribution is 2.28. The van der Waals surface area contributed by atoms with Gasteiger partial charge in [0.1, 0.15) is 0 Å². The molecule has 1 aromatic heterocycles. The Morgan fingerprint density at radius 2 is 1.81 bits per heavy atom. The number of carboxylic acid groups (broad SMARTS) is 1. The molecule has 4 aromatic rings. The Morgan fingerprint density at radius 3 is 2.59 bits per heavy atom. The fraction of sp³-hybridized carbons (Fsp3) is 0.241. The zero-order chi connectivity index (χ0) is 26.4. The maximum atomic E-state index is 12.3. The summed E-state index contributed by atoms with van der Waals surface area (Å²) in [7, 11) is 0. The van der Waals surface area contributed by atoms with Crippen molar-refractivity contribution >= 4 is 28.9 Å². The Kier molecular flexibility index (Phi) is 7.98. The van der Waals surface area contributed by atoms with Crippen LogP contribution in [-0.4, -0.2) is 39.7 Å². The Hall–Kier alpha value is -4.46. The number of aryl methyl sites for hydroxylation is 1.